The standard InChI is InChI=1S/C13H15FN2O5/c1-21-10(17)6-5-9(13(19)20)16-12(18)7-3-2-4-8(14)11(7)15/h2-4,9H,5-6,15H2,1H3,(H,16,18)(H,19,20)/t9-/m0/s1. The van der Waals surface area contributed by atoms with E-state index in [0.717, 1.165) is 6.07 Å². The summed E-state index contributed by atoms with van der Waals surface area (Å²) >= 11 is 0. The molecular weight excluding hydrogens is 283 g/mol. The van der Waals surface area contributed by atoms with E-state index in [2.05, 4.69) is 10.1 Å². The first-order valence-corrected chi connectivity index (χ1v) is 6.01. The number of ether oxygens (including phenoxy) is 1. The number of para-hydroxylation sites is 1. The molecule has 0 spiro atoms. The number of hydrogen-bond donors (Lipinski definition) is 3. The normalized spacial score (nSPS) is 11.5. The molecule has 1 aromatic carbocycles. The minimum absolute atomic E-state index is 0.150. The van der Waals surface area contributed by atoms with Crippen molar-refractivity contribution in [1.29, 1.82) is 0 Å². The molecule has 0 saturated carbocycles. The summed E-state index contributed by atoms with van der Waals surface area (Å²) < 4.78 is 17.6. The molecule has 0 aromatic heterocycles. The van der Waals surface area contributed by atoms with Gasteiger partial charge in [-0.2, -0.15) is 0 Å². The number of aliphatic carboxylic acids is 1. The number of esters is 1. The van der Waals surface area contributed by atoms with Gasteiger partial charge < -0.3 is 20.9 Å². The maximum absolute atomic E-state index is 13.3. The van der Waals surface area contributed by atoms with Crippen LogP contribution in [0.3, 0.4) is 0 Å². The minimum atomic E-state index is -1.32. The van der Waals surface area contributed by atoms with Gasteiger partial charge in [0.15, 0.2) is 0 Å². The number of amides is 1. The first-order valence-electron chi connectivity index (χ1n) is 6.01. The van der Waals surface area contributed by atoms with Crippen molar-refractivity contribution in [2.24, 2.45) is 0 Å². The molecule has 0 saturated heterocycles. The molecule has 0 aliphatic rings. The monoisotopic (exact) mass is 298 g/mol. The third-order valence-electron chi connectivity index (χ3n) is 2.77. The van der Waals surface area contributed by atoms with E-state index in [1.54, 1.807) is 0 Å². The van der Waals surface area contributed by atoms with Gasteiger partial charge in [0.05, 0.1) is 18.4 Å². The molecule has 1 amide bonds. The van der Waals surface area contributed by atoms with Crippen LogP contribution in [-0.2, 0) is 14.3 Å². The van der Waals surface area contributed by atoms with Gasteiger partial charge in [0.1, 0.15) is 11.9 Å². The van der Waals surface area contributed by atoms with Crippen molar-refractivity contribution in [3.05, 3.63) is 29.6 Å². The summed E-state index contributed by atoms with van der Waals surface area (Å²) in [6.07, 6.45) is -0.324. The Morgan fingerprint density at radius 3 is 2.67 bits per heavy atom. The third kappa shape index (κ3) is 4.44. The number of hydrogen-bond acceptors (Lipinski definition) is 5. The molecule has 8 heteroatoms. The summed E-state index contributed by atoms with van der Waals surface area (Å²) in [4.78, 5) is 34.0. The summed E-state index contributed by atoms with van der Waals surface area (Å²) in [6, 6.07) is 2.33. The lowest BCUT2D eigenvalue weighted by atomic mass is 10.1. The first-order chi connectivity index (χ1) is 9.86. The van der Waals surface area contributed by atoms with Crippen molar-refractivity contribution < 1.29 is 28.6 Å². The predicted molar refractivity (Wildman–Crippen MR) is 71.0 cm³/mol. The SMILES string of the molecule is COC(=O)CC[C@H](NC(=O)c1cccc(F)c1N)C(=O)O. The van der Waals surface area contributed by atoms with Gasteiger partial charge in [-0.15, -0.1) is 0 Å². The van der Waals surface area contributed by atoms with E-state index in [1.807, 2.05) is 0 Å². The summed E-state index contributed by atoms with van der Waals surface area (Å²) in [6.45, 7) is 0. The Bertz CT molecular complexity index is 561. The van der Waals surface area contributed by atoms with Gasteiger partial charge in [-0.05, 0) is 18.6 Å². The molecule has 1 rings (SSSR count). The predicted octanol–water partition coefficient (Wildman–Crippen LogP) is 0.544. The first kappa shape index (κ1) is 16.4. The number of nitrogen functional groups attached to an aromatic ring is 1. The van der Waals surface area contributed by atoms with E-state index in [1.165, 1.54) is 19.2 Å². The number of methoxy groups -OCH3 is 1. The Labute approximate surface area is 119 Å². The van der Waals surface area contributed by atoms with Crippen molar-refractivity contribution in [3.8, 4) is 0 Å². The molecule has 21 heavy (non-hydrogen) atoms. The van der Waals surface area contributed by atoms with Crippen LogP contribution in [0.25, 0.3) is 0 Å². The lowest BCUT2D eigenvalue weighted by Crippen LogP contribution is -2.41. The van der Waals surface area contributed by atoms with Crippen molar-refractivity contribution in [2.45, 2.75) is 18.9 Å². The van der Waals surface area contributed by atoms with Crippen molar-refractivity contribution in [2.75, 3.05) is 12.8 Å². The fourth-order valence-electron chi connectivity index (χ4n) is 1.59. The number of anilines is 1. The number of carbonyl (C=O) groups excluding carboxylic acids is 2. The van der Waals surface area contributed by atoms with Crippen LogP contribution < -0.4 is 11.1 Å². The zero-order chi connectivity index (χ0) is 16.0. The van der Waals surface area contributed by atoms with Gasteiger partial charge in [0, 0.05) is 6.42 Å². The molecule has 0 aliphatic carbocycles. The van der Waals surface area contributed by atoms with Crippen molar-refractivity contribution >= 4 is 23.5 Å². The maximum atomic E-state index is 13.3. The Hall–Kier alpha value is -2.64. The molecular formula is C13H15FN2O5. The van der Waals surface area contributed by atoms with Gasteiger partial charge in [-0.25, -0.2) is 9.18 Å². The van der Waals surface area contributed by atoms with Crippen molar-refractivity contribution in [3.63, 3.8) is 0 Å². The summed E-state index contributed by atoms with van der Waals surface area (Å²) in [5.41, 5.74) is 4.89. The zero-order valence-electron chi connectivity index (χ0n) is 11.3. The molecule has 0 bridgehead atoms. The highest BCUT2D eigenvalue weighted by atomic mass is 19.1. The van der Waals surface area contributed by atoms with Crippen LogP contribution in [0, 0.1) is 5.82 Å². The molecule has 0 aliphatic heterocycles. The summed E-state index contributed by atoms with van der Waals surface area (Å²) in [5.74, 6) is -3.52. The molecule has 0 radical (unpaired) electrons. The lowest BCUT2D eigenvalue weighted by molar-refractivity contribution is -0.142. The topological polar surface area (TPSA) is 119 Å². The van der Waals surface area contributed by atoms with Crippen LogP contribution in [0.15, 0.2) is 18.2 Å². The average molecular weight is 298 g/mol. The summed E-state index contributed by atoms with van der Waals surface area (Å²) in [5, 5.41) is 11.2. The van der Waals surface area contributed by atoms with Crippen molar-refractivity contribution in [1.82, 2.24) is 5.32 Å². The number of benzene rings is 1. The molecule has 0 unspecified atom stereocenters. The van der Waals surface area contributed by atoms with Crippen LogP contribution >= 0.6 is 0 Å². The molecule has 7 nitrogen and oxygen atoms in total. The van der Waals surface area contributed by atoms with Gasteiger partial charge >= 0.3 is 11.9 Å². The average Bonchev–Trinajstić information content (AvgIpc) is 2.45. The second-order valence-corrected chi connectivity index (χ2v) is 4.18. The second kappa shape index (κ2) is 7.22. The number of carboxylic acids is 1. The van der Waals surface area contributed by atoms with Crippen LogP contribution in [0.2, 0.25) is 0 Å². The number of carboxylic acid groups (broad SMARTS) is 1. The maximum Gasteiger partial charge on any atom is 0.326 e. The van der Waals surface area contributed by atoms with E-state index >= 15 is 0 Å². The highest BCUT2D eigenvalue weighted by Crippen LogP contribution is 2.16. The van der Waals surface area contributed by atoms with E-state index in [9.17, 15) is 18.8 Å². The Balaban J connectivity index is 2.79. The highest BCUT2D eigenvalue weighted by molar-refractivity contribution is 6.00. The number of nitrogens with two attached hydrogens (primary N) is 1. The lowest BCUT2D eigenvalue weighted by Gasteiger charge is -2.14. The van der Waals surface area contributed by atoms with Gasteiger partial charge in [0.2, 0.25) is 0 Å². The third-order valence-corrected chi connectivity index (χ3v) is 2.77. The largest absolute Gasteiger partial charge is 0.480 e. The molecule has 4 N–H and O–H groups in total. The van der Waals surface area contributed by atoms with Crippen LogP contribution in [0.5, 0.6) is 0 Å². The quantitative estimate of drug-likeness (QED) is 0.521. The van der Waals surface area contributed by atoms with E-state index in [0.29, 0.717) is 0 Å². The van der Waals surface area contributed by atoms with E-state index in [4.69, 9.17) is 10.8 Å². The number of nitrogens with one attached hydrogen (secondary N) is 1. The van der Waals surface area contributed by atoms with E-state index < -0.39 is 29.7 Å². The van der Waals surface area contributed by atoms with Gasteiger partial charge in [-0.3, -0.25) is 9.59 Å². The molecule has 1 aromatic rings. The molecule has 114 valence electrons. The Kier molecular flexibility index (Phi) is 5.65. The van der Waals surface area contributed by atoms with Gasteiger partial charge in [0.25, 0.3) is 5.91 Å². The van der Waals surface area contributed by atoms with E-state index in [-0.39, 0.29) is 24.1 Å². The van der Waals surface area contributed by atoms with Crippen LogP contribution in [-0.4, -0.2) is 36.1 Å². The number of rotatable bonds is 6. The van der Waals surface area contributed by atoms with Crippen LogP contribution in [0.4, 0.5) is 10.1 Å². The second-order valence-electron chi connectivity index (χ2n) is 4.18. The molecule has 0 fully saturated rings. The fraction of sp³-hybridized carbons (Fsp3) is 0.308. The van der Waals surface area contributed by atoms with Gasteiger partial charge in [-0.1, -0.05) is 6.07 Å². The Morgan fingerprint density at radius 1 is 1.43 bits per heavy atom. The number of carbonyl (C=O) groups is 3. The van der Waals surface area contributed by atoms with Crippen LogP contribution in [0.1, 0.15) is 23.2 Å². The zero-order valence-corrected chi connectivity index (χ0v) is 11.3. The highest BCUT2D eigenvalue weighted by Gasteiger charge is 2.23. The Morgan fingerprint density at radius 2 is 2.10 bits per heavy atom. The molecule has 0 heterocycles. The fourth-order valence-corrected chi connectivity index (χ4v) is 1.59. The minimum Gasteiger partial charge on any atom is -0.480 e. The molecule has 1 atom stereocenters. The number of halogens is 1. The smallest absolute Gasteiger partial charge is 0.326 e. The summed E-state index contributed by atoms with van der Waals surface area (Å²) in [7, 11) is 1.17.